The van der Waals surface area contributed by atoms with Crippen molar-refractivity contribution >= 4 is 40.0 Å². The van der Waals surface area contributed by atoms with E-state index in [1.807, 2.05) is 48.5 Å². The van der Waals surface area contributed by atoms with Gasteiger partial charge >= 0.3 is 6.09 Å². The first-order chi connectivity index (χ1) is 16.2. The minimum absolute atomic E-state index is 0.0141. The van der Waals surface area contributed by atoms with E-state index < -0.39 is 11.7 Å². The minimum Gasteiger partial charge on any atom is -0.444 e. The molecule has 1 heterocycles. The van der Waals surface area contributed by atoms with Crippen LogP contribution in [0.3, 0.4) is 0 Å². The summed E-state index contributed by atoms with van der Waals surface area (Å²) >= 11 is 5.40. The highest BCUT2D eigenvalue weighted by molar-refractivity contribution is 7.80. The molecule has 177 valence electrons. The number of fused-ring (bicyclic) bond motifs is 1. The first-order valence-electron chi connectivity index (χ1n) is 11.1. The number of hydrogen-bond acceptors (Lipinski definition) is 6. The lowest BCUT2D eigenvalue weighted by atomic mass is 9.96. The number of nitrogens with zero attached hydrogens (tertiary/aromatic N) is 1. The molecule has 7 nitrogen and oxygen atoms in total. The lowest BCUT2D eigenvalue weighted by molar-refractivity contribution is 0.0563. The molecule has 3 rings (SSSR count). The number of carbonyl (C=O) groups is 2. The molecule has 3 aromatic rings. The number of amides is 2. The van der Waals surface area contributed by atoms with Crippen LogP contribution in [0.4, 0.5) is 4.79 Å². The maximum absolute atomic E-state index is 12.8. The molecule has 3 N–H and O–H groups in total. The summed E-state index contributed by atoms with van der Waals surface area (Å²) in [6.07, 6.45) is 2.18. The number of ether oxygens (including phenoxy) is 1. The van der Waals surface area contributed by atoms with Crippen molar-refractivity contribution in [2.75, 3.05) is 6.54 Å². The SMILES string of the molecule is CC(C)(C)OC(=O)NC(=S)CC(CNNC(=O)c1nccc2c[c]ccc12)Cc1ccccc1. The standard InChI is InChI=1S/C26H29N4O3S/c1-26(2,3)33-25(32)29-22(34)16-19(15-18-9-5-4-6-10-18)17-28-30-24(31)23-21-12-8-7-11-20(21)13-14-27-23/h4-6,8-14,19,28H,15-17H2,1-3H3,(H,30,31)(H,29,32,34). The fourth-order valence-electron chi connectivity index (χ4n) is 3.47. The second-order valence-corrected chi connectivity index (χ2v) is 9.44. The number of nitrogens with one attached hydrogen (secondary N) is 3. The van der Waals surface area contributed by atoms with Crippen LogP contribution >= 0.6 is 12.2 Å². The minimum atomic E-state index is -0.608. The van der Waals surface area contributed by atoms with Crippen molar-refractivity contribution in [3.63, 3.8) is 0 Å². The topological polar surface area (TPSA) is 92.4 Å². The fraction of sp³-hybridized carbons (Fsp3) is 0.308. The molecule has 0 spiro atoms. The molecule has 1 unspecified atom stereocenters. The zero-order valence-corrected chi connectivity index (χ0v) is 20.4. The van der Waals surface area contributed by atoms with Crippen molar-refractivity contribution in [2.24, 2.45) is 5.92 Å². The Morgan fingerprint density at radius 2 is 1.91 bits per heavy atom. The Balaban J connectivity index is 1.61. The molecule has 0 saturated carbocycles. The molecule has 2 aromatic carbocycles. The highest BCUT2D eigenvalue weighted by Gasteiger charge is 2.19. The number of hydrazine groups is 1. The summed E-state index contributed by atoms with van der Waals surface area (Å²) in [5.74, 6) is -0.315. The van der Waals surface area contributed by atoms with Crippen LogP contribution < -0.4 is 16.2 Å². The Kier molecular flexibility index (Phi) is 8.67. The van der Waals surface area contributed by atoms with E-state index in [2.05, 4.69) is 27.2 Å². The van der Waals surface area contributed by atoms with E-state index in [0.29, 0.717) is 30.1 Å². The largest absolute Gasteiger partial charge is 0.444 e. The molecule has 8 heteroatoms. The fourth-order valence-corrected chi connectivity index (χ4v) is 3.79. The number of hydrogen-bond donors (Lipinski definition) is 3. The molecule has 0 fully saturated rings. The van der Waals surface area contributed by atoms with Gasteiger partial charge in [0.2, 0.25) is 0 Å². The summed E-state index contributed by atoms with van der Waals surface area (Å²) in [6.45, 7) is 5.83. The lowest BCUT2D eigenvalue weighted by Gasteiger charge is -2.22. The third-order valence-electron chi connectivity index (χ3n) is 4.90. The first-order valence-corrected chi connectivity index (χ1v) is 11.5. The van der Waals surface area contributed by atoms with Gasteiger partial charge in [-0.25, -0.2) is 10.2 Å². The number of benzene rings is 2. The highest BCUT2D eigenvalue weighted by Crippen LogP contribution is 2.16. The summed E-state index contributed by atoms with van der Waals surface area (Å²) < 4.78 is 5.29. The van der Waals surface area contributed by atoms with Gasteiger partial charge in [0.1, 0.15) is 11.3 Å². The number of alkyl carbamates (subject to hydrolysis) is 1. The normalized spacial score (nSPS) is 12.1. The predicted molar refractivity (Wildman–Crippen MR) is 136 cm³/mol. The first kappa shape index (κ1) is 25.3. The smallest absolute Gasteiger partial charge is 0.412 e. The maximum atomic E-state index is 12.8. The molecule has 0 bridgehead atoms. The van der Waals surface area contributed by atoms with Gasteiger partial charge in [0, 0.05) is 24.5 Å². The summed E-state index contributed by atoms with van der Waals surface area (Å²) in [4.78, 5) is 29.4. The van der Waals surface area contributed by atoms with Gasteiger partial charge < -0.3 is 4.74 Å². The van der Waals surface area contributed by atoms with Gasteiger partial charge in [-0.1, -0.05) is 54.7 Å². The van der Waals surface area contributed by atoms with Crippen LogP contribution in [0.5, 0.6) is 0 Å². The average molecular weight is 478 g/mol. The van der Waals surface area contributed by atoms with Crippen molar-refractivity contribution in [2.45, 2.75) is 39.2 Å². The molecule has 0 aliphatic carbocycles. The van der Waals surface area contributed by atoms with Crippen LogP contribution in [0.2, 0.25) is 0 Å². The number of carbonyl (C=O) groups excluding carboxylic acids is 2. The molecule has 0 saturated heterocycles. The number of thiocarbonyl (C=S) groups is 1. The van der Waals surface area contributed by atoms with E-state index in [1.165, 1.54) is 0 Å². The Morgan fingerprint density at radius 1 is 1.15 bits per heavy atom. The van der Waals surface area contributed by atoms with Crippen molar-refractivity contribution in [1.29, 1.82) is 0 Å². The lowest BCUT2D eigenvalue weighted by Crippen LogP contribution is -2.42. The second kappa shape index (κ2) is 11.7. The molecular formula is C26H29N4O3S. The summed E-state index contributed by atoms with van der Waals surface area (Å²) in [5.41, 5.74) is 6.61. The van der Waals surface area contributed by atoms with E-state index in [0.717, 1.165) is 16.3 Å². The van der Waals surface area contributed by atoms with Crippen LogP contribution in [-0.4, -0.2) is 34.1 Å². The van der Waals surface area contributed by atoms with Crippen molar-refractivity contribution in [3.05, 3.63) is 78.1 Å². The van der Waals surface area contributed by atoms with Gasteiger partial charge in [-0.05, 0) is 62.3 Å². The number of rotatable bonds is 8. The third kappa shape index (κ3) is 7.90. The van der Waals surface area contributed by atoms with E-state index in [1.54, 1.807) is 33.0 Å². The van der Waals surface area contributed by atoms with Crippen LogP contribution in [0.1, 0.15) is 43.2 Å². The van der Waals surface area contributed by atoms with E-state index in [9.17, 15) is 9.59 Å². The number of aromatic nitrogens is 1. The zero-order chi connectivity index (χ0) is 24.6. The Hall–Kier alpha value is -3.36. The van der Waals surface area contributed by atoms with Gasteiger partial charge in [0.25, 0.3) is 5.91 Å². The zero-order valence-electron chi connectivity index (χ0n) is 19.6. The monoisotopic (exact) mass is 477 g/mol. The van der Waals surface area contributed by atoms with Gasteiger partial charge in [-0.15, -0.1) is 0 Å². The summed E-state index contributed by atoms with van der Waals surface area (Å²) in [6, 6.07) is 20.2. The van der Waals surface area contributed by atoms with Crippen LogP contribution in [0.15, 0.2) is 60.8 Å². The van der Waals surface area contributed by atoms with Gasteiger partial charge in [-0.3, -0.25) is 20.5 Å². The number of pyridine rings is 1. The Bertz CT molecular complexity index is 1140. The highest BCUT2D eigenvalue weighted by atomic mass is 32.1. The maximum Gasteiger partial charge on any atom is 0.412 e. The molecular weight excluding hydrogens is 448 g/mol. The quantitative estimate of drug-likeness (QED) is 0.330. The van der Waals surface area contributed by atoms with Crippen molar-refractivity contribution in [3.8, 4) is 0 Å². The van der Waals surface area contributed by atoms with Gasteiger partial charge in [0.15, 0.2) is 0 Å². The summed E-state index contributed by atoms with van der Waals surface area (Å²) in [5, 5.41) is 4.29. The van der Waals surface area contributed by atoms with E-state index in [4.69, 9.17) is 17.0 Å². The summed E-state index contributed by atoms with van der Waals surface area (Å²) in [7, 11) is 0. The van der Waals surface area contributed by atoms with E-state index in [-0.39, 0.29) is 11.8 Å². The van der Waals surface area contributed by atoms with Crippen LogP contribution in [-0.2, 0) is 11.2 Å². The van der Waals surface area contributed by atoms with Gasteiger partial charge in [-0.2, -0.15) is 0 Å². The Morgan fingerprint density at radius 3 is 2.65 bits per heavy atom. The van der Waals surface area contributed by atoms with Crippen LogP contribution in [0, 0.1) is 12.0 Å². The molecule has 1 radical (unpaired) electrons. The van der Waals surface area contributed by atoms with Crippen LogP contribution in [0.25, 0.3) is 10.8 Å². The van der Waals surface area contributed by atoms with E-state index >= 15 is 0 Å². The molecule has 0 aliphatic rings. The predicted octanol–water partition coefficient (Wildman–Crippen LogP) is 4.37. The van der Waals surface area contributed by atoms with Gasteiger partial charge in [0.05, 0.1) is 4.99 Å². The Labute approximate surface area is 205 Å². The van der Waals surface area contributed by atoms with Crippen molar-refractivity contribution < 1.29 is 14.3 Å². The molecule has 34 heavy (non-hydrogen) atoms. The molecule has 2 amide bonds. The van der Waals surface area contributed by atoms with Crippen molar-refractivity contribution in [1.82, 2.24) is 21.2 Å². The molecule has 1 atom stereocenters. The average Bonchev–Trinajstić information content (AvgIpc) is 2.77. The molecule has 0 aliphatic heterocycles. The molecule has 1 aromatic heterocycles. The second-order valence-electron chi connectivity index (χ2n) is 8.95. The third-order valence-corrected chi connectivity index (χ3v) is 5.17.